The molecule has 4 aromatic rings. The number of nitrogens with one attached hydrogen (secondary N) is 1. The Morgan fingerprint density at radius 2 is 2.04 bits per heavy atom. The van der Waals surface area contributed by atoms with Gasteiger partial charge in [-0.2, -0.15) is 5.10 Å². The van der Waals surface area contributed by atoms with E-state index < -0.39 is 0 Å². The zero-order valence-corrected chi connectivity index (χ0v) is 14.2. The number of H-pyrrole nitrogens is 1. The molecule has 0 aromatic carbocycles. The molecule has 0 spiro atoms. The normalized spacial score (nSPS) is 16.1. The average Bonchev–Trinajstić information content (AvgIpc) is 3.24. The number of aryl methyl sites for hydroxylation is 1. The van der Waals surface area contributed by atoms with Gasteiger partial charge >= 0.3 is 0 Å². The molecule has 1 saturated heterocycles. The summed E-state index contributed by atoms with van der Waals surface area (Å²) in [4.78, 5) is 14.7. The summed E-state index contributed by atoms with van der Waals surface area (Å²) in [5, 5.41) is 5.75. The minimum atomic E-state index is 0.570. The van der Waals surface area contributed by atoms with E-state index in [-0.39, 0.29) is 0 Å². The SMILES string of the molecule is Cc1cc2c(N3CCC(c4c[nH]c5ncccc45)CC3)nccn2n1. The minimum Gasteiger partial charge on any atom is -0.355 e. The van der Waals surface area contributed by atoms with Crippen molar-refractivity contribution in [1.82, 2.24) is 24.6 Å². The summed E-state index contributed by atoms with van der Waals surface area (Å²) in [6.07, 6.45) is 9.97. The number of hydrogen-bond donors (Lipinski definition) is 1. The standard InChI is InChI=1S/C19H20N6/c1-13-11-17-19(21-7-10-25(17)23-13)24-8-4-14(5-9-24)16-12-22-18-15(16)3-2-6-20-18/h2-3,6-7,10-12,14H,4-5,8-9H2,1H3,(H,20,22). The van der Waals surface area contributed by atoms with Crippen molar-refractivity contribution in [3.63, 3.8) is 0 Å². The molecular formula is C19H20N6. The maximum atomic E-state index is 4.63. The van der Waals surface area contributed by atoms with E-state index in [2.05, 4.69) is 43.3 Å². The van der Waals surface area contributed by atoms with Gasteiger partial charge < -0.3 is 9.88 Å². The average molecular weight is 332 g/mol. The summed E-state index contributed by atoms with van der Waals surface area (Å²) in [5.41, 5.74) is 4.50. The van der Waals surface area contributed by atoms with Gasteiger partial charge in [-0.05, 0) is 49.4 Å². The lowest BCUT2D eigenvalue weighted by Gasteiger charge is -2.33. The first kappa shape index (κ1) is 14.5. The van der Waals surface area contributed by atoms with Crippen LogP contribution in [-0.4, -0.2) is 37.7 Å². The number of piperidine rings is 1. The van der Waals surface area contributed by atoms with Gasteiger partial charge in [-0.25, -0.2) is 14.5 Å². The van der Waals surface area contributed by atoms with Gasteiger partial charge in [-0.1, -0.05) is 0 Å². The zero-order chi connectivity index (χ0) is 16.8. The van der Waals surface area contributed by atoms with Crippen molar-refractivity contribution in [2.45, 2.75) is 25.7 Å². The van der Waals surface area contributed by atoms with E-state index in [9.17, 15) is 0 Å². The van der Waals surface area contributed by atoms with Crippen LogP contribution in [-0.2, 0) is 0 Å². The Kier molecular flexibility index (Phi) is 3.23. The molecule has 25 heavy (non-hydrogen) atoms. The van der Waals surface area contributed by atoms with Crippen LogP contribution in [0.25, 0.3) is 16.6 Å². The summed E-state index contributed by atoms with van der Waals surface area (Å²) in [7, 11) is 0. The molecule has 0 unspecified atom stereocenters. The molecule has 1 fully saturated rings. The molecule has 6 nitrogen and oxygen atoms in total. The van der Waals surface area contributed by atoms with Gasteiger partial charge in [0.1, 0.15) is 11.2 Å². The molecule has 0 aliphatic carbocycles. The summed E-state index contributed by atoms with van der Waals surface area (Å²) in [6, 6.07) is 6.29. The van der Waals surface area contributed by atoms with Crippen molar-refractivity contribution < 1.29 is 0 Å². The van der Waals surface area contributed by atoms with Crippen LogP contribution < -0.4 is 4.90 Å². The molecule has 5 rings (SSSR count). The van der Waals surface area contributed by atoms with Crippen LogP contribution in [0.5, 0.6) is 0 Å². The molecule has 0 atom stereocenters. The van der Waals surface area contributed by atoms with Crippen molar-refractivity contribution in [3.05, 3.63) is 54.2 Å². The quantitative estimate of drug-likeness (QED) is 0.612. The molecule has 0 radical (unpaired) electrons. The number of pyridine rings is 1. The largest absolute Gasteiger partial charge is 0.355 e. The number of aromatic nitrogens is 5. The molecule has 1 aliphatic rings. The van der Waals surface area contributed by atoms with Crippen molar-refractivity contribution in [3.8, 4) is 0 Å². The molecule has 0 amide bonds. The van der Waals surface area contributed by atoms with Gasteiger partial charge in [0.15, 0.2) is 5.82 Å². The van der Waals surface area contributed by atoms with Crippen LogP contribution in [0, 0.1) is 6.92 Å². The van der Waals surface area contributed by atoms with E-state index in [1.807, 2.05) is 36.1 Å². The van der Waals surface area contributed by atoms with Crippen LogP contribution >= 0.6 is 0 Å². The molecule has 4 aromatic heterocycles. The third kappa shape index (κ3) is 2.36. The lowest BCUT2D eigenvalue weighted by atomic mass is 9.89. The fourth-order valence-corrected chi connectivity index (χ4v) is 3.99. The second kappa shape index (κ2) is 5.58. The number of anilines is 1. The molecule has 0 saturated carbocycles. The lowest BCUT2D eigenvalue weighted by molar-refractivity contribution is 0.505. The molecule has 5 heterocycles. The number of hydrogen-bond acceptors (Lipinski definition) is 4. The van der Waals surface area contributed by atoms with Crippen LogP contribution in [0.3, 0.4) is 0 Å². The summed E-state index contributed by atoms with van der Waals surface area (Å²) in [6.45, 7) is 4.04. The van der Waals surface area contributed by atoms with Gasteiger partial charge in [0.05, 0.1) is 5.69 Å². The fourth-order valence-electron chi connectivity index (χ4n) is 3.99. The zero-order valence-electron chi connectivity index (χ0n) is 14.2. The topological polar surface area (TPSA) is 62.1 Å². The Bertz CT molecular complexity index is 1040. The maximum absolute atomic E-state index is 4.63. The van der Waals surface area contributed by atoms with Crippen LogP contribution in [0.15, 0.2) is 43.0 Å². The number of rotatable bonds is 2. The van der Waals surface area contributed by atoms with Gasteiger partial charge in [0.25, 0.3) is 0 Å². The van der Waals surface area contributed by atoms with E-state index in [0.29, 0.717) is 5.92 Å². The van der Waals surface area contributed by atoms with E-state index in [4.69, 9.17) is 0 Å². The Balaban J connectivity index is 1.41. The van der Waals surface area contributed by atoms with Crippen molar-refractivity contribution in [1.29, 1.82) is 0 Å². The molecule has 6 heteroatoms. The highest BCUT2D eigenvalue weighted by Crippen LogP contribution is 2.34. The molecule has 0 bridgehead atoms. The maximum Gasteiger partial charge on any atom is 0.154 e. The summed E-state index contributed by atoms with van der Waals surface area (Å²) < 4.78 is 1.93. The Morgan fingerprint density at radius 1 is 1.16 bits per heavy atom. The molecule has 126 valence electrons. The number of aromatic amines is 1. The lowest BCUT2D eigenvalue weighted by Crippen LogP contribution is -2.33. The number of fused-ring (bicyclic) bond motifs is 2. The molecule has 1 aliphatic heterocycles. The third-order valence-corrected chi connectivity index (χ3v) is 5.21. The Morgan fingerprint density at radius 3 is 2.92 bits per heavy atom. The first-order chi connectivity index (χ1) is 12.3. The van der Waals surface area contributed by atoms with Crippen molar-refractivity contribution >= 4 is 22.4 Å². The first-order valence-corrected chi connectivity index (χ1v) is 8.77. The highest BCUT2D eigenvalue weighted by atomic mass is 15.3. The van der Waals surface area contributed by atoms with E-state index >= 15 is 0 Å². The van der Waals surface area contributed by atoms with Crippen LogP contribution in [0.1, 0.15) is 30.0 Å². The molecule has 1 N–H and O–H groups in total. The monoisotopic (exact) mass is 332 g/mol. The predicted molar refractivity (Wildman–Crippen MR) is 98.0 cm³/mol. The van der Waals surface area contributed by atoms with E-state index in [1.54, 1.807) is 0 Å². The van der Waals surface area contributed by atoms with Gasteiger partial charge in [0.2, 0.25) is 0 Å². The van der Waals surface area contributed by atoms with Gasteiger partial charge in [0, 0.05) is 43.3 Å². The Hall–Kier alpha value is -2.89. The first-order valence-electron chi connectivity index (χ1n) is 8.77. The van der Waals surface area contributed by atoms with E-state index in [0.717, 1.165) is 48.6 Å². The van der Waals surface area contributed by atoms with Crippen LogP contribution in [0.2, 0.25) is 0 Å². The number of nitrogens with zero attached hydrogens (tertiary/aromatic N) is 5. The summed E-state index contributed by atoms with van der Waals surface area (Å²) in [5.74, 6) is 1.61. The van der Waals surface area contributed by atoms with Crippen LogP contribution in [0.4, 0.5) is 5.82 Å². The van der Waals surface area contributed by atoms with Crippen molar-refractivity contribution in [2.75, 3.05) is 18.0 Å². The second-order valence-corrected chi connectivity index (χ2v) is 6.77. The molecular weight excluding hydrogens is 312 g/mol. The van der Waals surface area contributed by atoms with Crippen molar-refractivity contribution in [2.24, 2.45) is 0 Å². The minimum absolute atomic E-state index is 0.570. The van der Waals surface area contributed by atoms with Gasteiger partial charge in [-0.3, -0.25) is 0 Å². The fraction of sp³-hybridized carbons (Fsp3) is 0.316. The van der Waals surface area contributed by atoms with Gasteiger partial charge in [-0.15, -0.1) is 0 Å². The van der Waals surface area contributed by atoms with E-state index in [1.165, 1.54) is 10.9 Å². The smallest absolute Gasteiger partial charge is 0.154 e. The summed E-state index contributed by atoms with van der Waals surface area (Å²) >= 11 is 0. The highest BCUT2D eigenvalue weighted by Gasteiger charge is 2.25. The third-order valence-electron chi connectivity index (χ3n) is 5.21. The Labute approximate surface area is 145 Å². The highest BCUT2D eigenvalue weighted by molar-refractivity contribution is 5.80. The predicted octanol–water partition coefficient (Wildman–Crippen LogP) is 3.30. The second-order valence-electron chi connectivity index (χ2n) is 6.77.